The van der Waals surface area contributed by atoms with Gasteiger partial charge in [0.1, 0.15) is 10.6 Å². The summed E-state index contributed by atoms with van der Waals surface area (Å²) < 4.78 is 10.6. The summed E-state index contributed by atoms with van der Waals surface area (Å²) in [6, 6.07) is 18.5. The first-order valence-corrected chi connectivity index (χ1v) is 8.78. The van der Waals surface area contributed by atoms with Gasteiger partial charge in [0.15, 0.2) is 18.1 Å². The van der Waals surface area contributed by atoms with E-state index in [-0.39, 0.29) is 11.5 Å². The second-order valence-corrected chi connectivity index (χ2v) is 6.41. The number of esters is 1. The molecular weight excluding hydrogens is 350 g/mol. The zero-order valence-electron chi connectivity index (χ0n) is 13.5. The number of ether oxygens (including phenoxy) is 1. The number of aromatic nitrogens is 1. The van der Waals surface area contributed by atoms with E-state index >= 15 is 0 Å². The highest BCUT2D eigenvalue weighted by Crippen LogP contribution is 2.24. The zero-order valence-corrected chi connectivity index (χ0v) is 14.4. The molecule has 0 unspecified atom stereocenters. The van der Waals surface area contributed by atoms with Crippen molar-refractivity contribution in [3.05, 3.63) is 77.5 Å². The highest BCUT2D eigenvalue weighted by Gasteiger charge is 2.18. The molecule has 2 aromatic heterocycles. The molecule has 0 fully saturated rings. The minimum atomic E-state index is -0.632. The Balaban J connectivity index is 1.42. The van der Waals surface area contributed by atoms with Crippen LogP contribution in [0.4, 0.5) is 0 Å². The van der Waals surface area contributed by atoms with Crippen LogP contribution >= 0.6 is 11.3 Å². The van der Waals surface area contributed by atoms with Crippen LogP contribution in [0.5, 0.6) is 0 Å². The average molecular weight is 363 g/mol. The van der Waals surface area contributed by atoms with Gasteiger partial charge in [-0.25, -0.2) is 9.78 Å². The Morgan fingerprint density at radius 3 is 2.62 bits per heavy atom. The molecule has 0 atom stereocenters. The van der Waals surface area contributed by atoms with Gasteiger partial charge < -0.3 is 9.15 Å². The second-order valence-electron chi connectivity index (χ2n) is 5.55. The molecule has 0 aliphatic heterocycles. The van der Waals surface area contributed by atoms with E-state index in [1.165, 1.54) is 11.3 Å². The molecule has 0 radical (unpaired) electrons. The molecule has 0 aliphatic carbocycles. The lowest BCUT2D eigenvalue weighted by Gasteiger charge is -2.00. The van der Waals surface area contributed by atoms with Crippen LogP contribution in [0.15, 0.2) is 70.5 Å². The maximum Gasteiger partial charge on any atom is 0.358 e. The molecule has 6 heteroatoms. The summed E-state index contributed by atoms with van der Waals surface area (Å²) in [6.45, 7) is -0.392. The predicted molar refractivity (Wildman–Crippen MR) is 98.4 cm³/mol. The Labute approximate surface area is 152 Å². The number of thiazole rings is 1. The molecule has 0 saturated heterocycles. The van der Waals surface area contributed by atoms with E-state index in [2.05, 4.69) is 4.98 Å². The summed E-state index contributed by atoms with van der Waals surface area (Å²) in [6.07, 6.45) is 0. The van der Waals surface area contributed by atoms with Crippen molar-refractivity contribution in [2.24, 2.45) is 0 Å². The number of Topliss-reactive ketones (excluding diaryl/α,β-unsaturated/α-hetero) is 1. The normalized spacial score (nSPS) is 10.8. The first-order chi connectivity index (χ1) is 12.7. The highest BCUT2D eigenvalue weighted by atomic mass is 32.1. The Morgan fingerprint density at radius 2 is 1.81 bits per heavy atom. The van der Waals surface area contributed by atoms with E-state index in [9.17, 15) is 9.59 Å². The Hall–Kier alpha value is -3.25. The van der Waals surface area contributed by atoms with Crippen LogP contribution in [0.25, 0.3) is 21.5 Å². The van der Waals surface area contributed by atoms with Gasteiger partial charge in [0.2, 0.25) is 5.78 Å². The molecule has 0 amide bonds. The highest BCUT2D eigenvalue weighted by molar-refractivity contribution is 7.13. The average Bonchev–Trinajstić information content (AvgIpc) is 3.33. The lowest BCUT2D eigenvalue weighted by atomic mass is 10.2. The van der Waals surface area contributed by atoms with Gasteiger partial charge in [0.25, 0.3) is 0 Å². The van der Waals surface area contributed by atoms with Crippen LogP contribution in [-0.2, 0) is 4.74 Å². The summed E-state index contributed by atoms with van der Waals surface area (Å²) in [7, 11) is 0. The first kappa shape index (κ1) is 16.2. The van der Waals surface area contributed by atoms with Crippen molar-refractivity contribution in [1.82, 2.24) is 4.98 Å². The fourth-order valence-electron chi connectivity index (χ4n) is 2.48. The molecule has 4 aromatic rings. The van der Waals surface area contributed by atoms with Crippen molar-refractivity contribution in [2.75, 3.05) is 6.61 Å². The third kappa shape index (κ3) is 3.27. The Bertz CT molecular complexity index is 1050. The number of hydrogen-bond acceptors (Lipinski definition) is 6. The summed E-state index contributed by atoms with van der Waals surface area (Å²) in [5.74, 6) is -0.858. The lowest BCUT2D eigenvalue weighted by molar-refractivity contribution is 0.0463. The van der Waals surface area contributed by atoms with Crippen molar-refractivity contribution in [3.63, 3.8) is 0 Å². The number of carbonyl (C=O) groups excluding carboxylic acids is 2. The molecule has 4 rings (SSSR count). The third-order valence-electron chi connectivity index (χ3n) is 3.77. The van der Waals surface area contributed by atoms with Crippen LogP contribution in [0, 0.1) is 0 Å². The Morgan fingerprint density at radius 1 is 1.04 bits per heavy atom. The Kier molecular flexibility index (Phi) is 4.33. The van der Waals surface area contributed by atoms with E-state index in [0.717, 1.165) is 16.0 Å². The number of fused-ring (bicyclic) bond motifs is 1. The molecule has 0 saturated carbocycles. The smallest absolute Gasteiger partial charge is 0.358 e. The van der Waals surface area contributed by atoms with Crippen molar-refractivity contribution >= 4 is 34.1 Å². The van der Waals surface area contributed by atoms with Crippen molar-refractivity contribution in [2.45, 2.75) is 0 Å². The molecule has 5 nitrogen and oxygen atoms in total. The zero-order chi connectivity index (χ0) is 17.9. The number of para-hydroxylation sites is 1. The first-order valence-electron chi connectivity index (χ1n) is 7.90. The van der Waals surface area contributed by atoms with E-state index in [1.54, 1.807) is 17.5 Å². The number of furan rings is 1. The van der Waals surface area contributed by atoms with E-state index < -0.39 is 18.4 Å². The molecule has 26 heavy (non-hydrogen) atoms. The van der Waals surface area contributed by atoms with Crippen LogP contribution in [0.2, 0.25) is 0 Å². The molecule has 2 heterocycles. The molecular formula is C20H13NO4S. The molecule has 0 aliphatic rings. The SMILES string of the molecule is O=C(OCC(=O)c1cc2ccccc2o1)c1csc(-c2ccccc2)n1. The standard InChI is InChI=1S/C20H13NO4S/c22-16(18-10-14-8-4-5-9-17(14)25-18)11-24-20(23)15-12-26-19(21-15)13-6-2-1-3-7-13/h1-10,12H,11H2. The van der Waals surface area contributed by atoms with Gasteiger partial charge in [-0.15, -0.1) is 11.3 Å². The fraction of sp³-hybridized carbons (Fsp3) is 0.0500. The molecule has 0 N–H and O–H groups in total. The van der Waals surface area contributed by atoms with Gasteiger partial charge in [-0.05, 0) is 12.1 Å². The fourth-order valence-corrected chi connectivity index (χ4v) is 3.27. The molecule has 0 spiro atoms. The predicted octanol–water partition coefficient (Wildman–Crippen LogP) is 4.60. The molecule has 128 valence electrons. The van der Waals surface area contributed by atoms with Crippen LogP contribution in [0.3, 0.4) is 0 Å². The van der Waals surface area contributed by atoms with Crippen LogP contribution < -0.4 is 0 Å². The van der Waals surface area contributed by atoms with E-state index in [0.29, 0.717) is 5.58 Å². The lowest BCUT2D eigenvalue weighted by Crippen LogP contribution is -2.14. The minimum absolute atomic E-state index is 0.169. The molecule has 0 bridgehead atoms. The maximum absolute atomic E-state index is 12.2. The number of benzene rings is 2. The maximum atomic E-state index is 12.2. The third-order valence-corrected chi connectivity index (χ3v) is 4.66. The van der Waals surface area contributed by atoms with Crippen molar-refractivity contribution in [3.8, 4) is 10.6 Å². The van der Waals surface area contributed by atoms with E-state index in [1.807, 2.05) is 48.5 Å². The number of ketones is 1. The monoisotopic (exact) mass is 363 g/mol. The number of nitrogens with zero attached hydrogens (tertiary/aromatic N) is 1. The van der Waals surface area contributed by atoms with Gasteiger partial charge in [-0.1, -0.05) is 48.5 Å². The quantitative estimate of drug-likeness (QED) is 0.383. The van der Waals surface area contributed by atoms with Gasteiger partial charge in [0, 0.05) is 16.3 Å². The van der Waals surface area contributed by atoms with Crippen molar-refractivity contribution < 1.29 is 18.7 Å². The van der Waals surface area contributed by atoms with Crippen LogP contribution in [0.1, 0.15) is 21.0 Å². The number of carbonyl (C=O) groups is 2. The van der Waals surface area contributed by atoms with Gasteiger partial charge in [-0.2, -0.15) is 0 Å². The molecule has 2 aromatic carbocycles. The van der Waals surface area contributed by atoms with Crippen LogP contribution in [-0.4, -0.2) is 23.3 Å². The van der Waals surface area contributed by atoms with Crippen molar-refractivity contribution in [1.29, 1.82) is 0 Å². The van der Waals surface area contributed by atoms with Gasteiger partial charge >= 0.3 is 5.97 Å². The van der Waals surface area contributed by atoms with Gasteiger partial charge in [0.05, 0.1) is 0 Å². The number of rotatable bonds is 5. The van der Waals surface area contributed by atoms with Gasteiger partial charge in [-0.3, -0.25) is 4.79 Å². The minimum Gasteiger partial charge on any atom is -0.453 e. The topological polar surface area (TPSA) is 69.4 Å². The summed E-state index contributed by atoms with van der Waals surface area (Å²) in [5.41, 5.74) is 1.73. The summed E-state index contributed by atoms with van der Waals surface area (Å²) >= 11 is 1.35. The number of hydrogen-bond donors (Lipinski definition) is 0. The summed E-state index contributed by atoms with van der Waals surface area (Å²) in [4.78, 5) is 28.6. The largest absolute Gasteiger partial charge is 0.453 e. The summed E-state index contributed by atoms with van der Waals surface area (Å²) in [5, 5.41) is 3.17. The second kappa shape index (κ2) is 6.93. The van der Waals surface area contributed by atoms with E-state index in [4.69, 9.17) is 9.15 Å².